The third kappa shape index (κ3) is 3.64. The molecule has 0 radical (unpaired) electrons. The van der Waals surface area contributed by atoms with Gasteiger partial charge in [-0.15, -0.1) is 0 Å². The van der Waals surface area contributed by atoms with Crippen LogP contribution in [0.15, 0.2) is 36.7 Å². The fourth-order valence-corrected chi connectivity index (χ4v) is 2.59. The second kappa shape index (κ2) is 6.88. The predicted octanol–water partition coefficient (Wildman–Crippen LogP) is 2.08. The zero-order valence-electron chi connectivity index (χ0n) is 12.7. The second-order valence-electron chi connectivity index (χ2n) is 5.45. The van der Waals surface area contributed by atoms with Crippen molar-refractivity contribution in [2.45, 2.75) is 25.9 Å². The molecule has 1 amide bonds. The first-order valence-electron chi connectivity index (χ1n) is 7.57. The zero-order valence-corrected chi connectivity index (χ0v) is 12.7. The summed E-state index contributed by atoms with van der Waals surface area (Å²) in [7, 11) is 0. The number of nitrogens with one attached hydrogen (secondary N) is 1. The Bertz CT molecular complexity index is 735. The van der Waals surface area contributed by atoms with Crippen LogP contribution < -0.4 is 5.32 Å². The number of nitrogens with zero attached hydrogens (tertiary/aromatic N) is 4. The highest BCUT2D eigenvalue weighted by atomic mass is 16.2. The maximum Gasteiger partial charge on any atom is 0.222 e. The van der Waals surface area contributed by atoms with E-state index in [1.165, 1.54) is 6.20 Å². The Balaban J connectivity index is 1.59. The lowest BCUT2D eigenvalue weighted by molar-refractivity contribution is -0.128. The van der Waals surface area contributed by atoms with Crippen molar-refractivity contribution >= 4 is 11.7 Å². The van der Waals surface area contributed by atoms with Gasteiger partial charge in [0.25, 0.3) is 0 Å². The molecule has 2 aromatic rings. The van der Waals surface area contributed by atoms with E-state index in [0.717, 1.165) is 24.1 Å². The number of carbonyl (C=O) groups excluding carboxylic acids is 1. The highest BCUT2D eigenvalue weighted by molar-refractivity contribution is 5.78. The molecule has 0 saturated carbocycles. The summed E-state index contributed by atoms with van der Waals surface area (Å²) in [5.41, 5.74) is 2.49. The van der Waals surface area contributed by atoms with Gasteiger partial charge in [0.05, 0.1) is 0 Å². The largest absolute Gasteiger partial charge is 0.364 e. The summed E-state index contributed by atoms with van der Waals surface area (Å²) in [5.74, 6) is 0.726. The van der Waals surface area contributed by atoms with E-state index in [1.54, 1.807) is 6.20 Å². The molecule has 116 valence electrons. The second-order valence-corrected chi connectivity index (χ2v) is 5.45. The van der Waals surface area contributed by atoms with Crippen LogP contribution in [0.25, 0.3) is 0 Å². The van der Waals surface area contributed by atoms with Gasteiger partial charge in [-0.05, 0) is 17.5 Å². The number of amides is 1. The Morgan fingerprint density at radius 3 is 2.61 bits per heavy atom. The average molecular weight is 307 g/mol. The number of nitriles is 1. The first-order chi connectivity index (χ1) is 11.3. The summed E-state index contributed by atoms with van der Waals surface area (Å²) in [5, 5.41) is 12.1. The van der Waals surface area contributed by atoms with Crippen LogP contribution in [0, 0.1) is 11.3 Å². The molecule has 1 aliphatic rings. The van der Waals surface area contributed by atoms with Crippen molar-refractivity contribution in [2.24, 2.45) is 0 Å². The van der Waals surface area contributed by atoms with E-state index in [4.69, 9.17) is 5.26 Å². The third-order valence-corrected chi connectivity index (χ3v) is 3.83. The molecule has 0 bridgehead atoms. The molecule has 1 saturated heterocycles. The molecule has 0 spiro atoms. The molecule has 0 aliphatic carbocycles. The molecular formula is C17H17N5O. The van der Waals surface area contributed by atoms with Crippen LogP contribution in [-0.4, -0.2) is 27.3 Å². The Morgan fingerprint density at radius 1 is 1.17 bits per heavy atom. The SMILES string of the molecule is N#Cc1nccnc1NCc1ccc(CN2CCCC2=O)cc1. The monoisotopic (exact) mass is 307 g/mol. The minimum atomic E-state index is 0.238. The van der Waals surface area contributed by atoms with E-state index in [0.29, 0.717) is 25.3 Å². The Labute approximate surface area is 134 Å². The number of anilines is 1. The number of aromatic nitrogens is 2. The molecular weight excluding hydrogens is 290 g/mol. The molecule has 1 aliphatic heterocycles. The lowest BCUT2D eigenvalue weighted by atomic mass is 10.1. The minimum absolute atomic E-state index is 0.238. The maximum absolute atomic E-state index is 11.6. The fourth-order valence-electron chi connectivity index (χ4n) is 2.59. The average Bonchev–Trinajstić information content (AvgIpc) is 2.99. The van der Waals surface area contributed by atoms with Gasteiger partial charge in [0, 0.05) is 38.4 Å². The van der Waals surface area contributed by atoms with E-state index in [9.17, 15) is 4.79 Å². The molecule has 3 rings (SSSR count). The van der Waals surface area contributed by atoms with Crippen molar-refractivity contribution in [1.82, 2.24) is 14.9 Å². The van der Waals surface area contributed by atoms with Gasteiger partial charge >= 0.3 is 0 Å². The molecule has 1 aromatic carbocycles. The number of carbonyl (C=O) groups is 1. The van der Waals surface area contributed by atoms with Crippen molar-refractivity contribution in [3.05, 3.63) is 53.5 Å². The fraction of sp³-hybridized carbons (Fsp3) is 0.294. The lowest BCUT2D eigenvalue weighted by Gasteiger charge is -2.15. The van der Waals surface area contributed by atoms with E-state index in [2.05, 4.69) is 15.3 Å². The first-order valence-corrected chi connectivity index (χ1v) is 7.57. The summed E-state index contributed by atoms with van der Waals surface area (Å²) in [6.07, 6.45) is 4.68. The number of likely N-dealkylation sites (tertiary alicyclic amines) is 1. The smallest absolute Gasteiger partial charge is 0.222 e. The Morgan fingerprint density at radius 2 is 1.91 bits per heavy atom. The number of rotatable bonds is 5. The van der Waals surface area contributed by atoms with Crippen LogP contribution in [0.2, 0.25) is 0 Å². The Kier molecular flexibility index (Phi) is 4.48. The number of hydrogen-bond donors (Lipinski definition) is 1. The van der Waals surface area contributed by atoms with Crippen LogP contribution in [0.1, 0.15) is 29.7 Å². The number of benzene rings is 1. The molecule has 0 atom stereocenters. The number of hydrogen-bond acceptors (Lipinski definition) is 5. The van der Waals surface area contributed by atoms with Gasteiger partial charge in [0.2, 0.25) is 5.91 Å². The molecule has 1 fully saturated rings. The molecule has 6 heteroatoms. The molecule has 1 N–H and O–H groups in total. The van der Waals surface area contributed by atoms with Crippen LogP contribution in [0.4, 0.5) is 5.82 Å². The molecule has 6 nitrogen and oxygen atoms in total. The maximum atomic E-state index is 11.6. The summed E-state index contributed by atoms with van der Waals surface area (Å²) in [6.45, 7) is 2.09. The van der Waals surface area contributed by atoms with E-state index in [-0.39, 0.29) is 11.6 Å². The van der Waals surface area contributed by atoms with Gasteiger partial charge in [0.15, 0.2) is 11.5 Å². The van der Waals surface area contributed by atoms with Gasteiger partial charge in [-0.2, -0.15) is 5.26 Å². The standard InChI is InChI=1S/C17H17N5O/c18-10-15-17(20-8-7-19-15)21-11-13-3-5-14(6-4-13)12-22-9-1-2-16(22)23/h3-8H,1-2,9,11-12H2,(H,20,21). The quantitative estimate of drug-likeness (QED) is 0.914. The van der Waals surface area contributed by atoms with E-state index < -0.39 is 0 Å². The zero-order chi connectivity index (χ0) is 16.1. The van der Waals surface area contributed by atoms with Crippen LogP contribution in [0.3, 0.4) is 0 Å². The van der Waals surface area contributed by atoms with E-state index >= 15 is 0 Å². The predicted molar refractivity (Wildman–Crippen MR) is 85.2 cm³/mol. The van der Waals surface area contributed by atoms with Gasteiger partial charge < -0.3 is 10.2 Å². The third-order valence-electron chi connectivity index (χ3n) is 3.83. The molecule has 2 heterocycles. The lowest BCUT2D eigenvalue weighted by Crippen LogP contribution is -2.23. The van der Waals surface area contributed by atoms with Crippen molar-refractivity contribution in [1.29, 1.82) is 5.26 Å². The highest BCUT2D eigenvalue weighted by Gasteiger charge is 2.19. The van der Waals surface area contributed by atoms with Gasteiger partial charge in [-0.1, -0.05) is 24.3 Å². The highest BCUT2D eigenvalue weighted by Crippen LogP contribution is 2.15. The van der Waals surface area contributed by atoms with Gasteiger partial charge in [-0.3, -0.25) is 4.79 Å². The molecule has 23 heavy (non-hydrogen) atoms. The van der Waals surface area contributed by atoms with Gasteiger partial charge in [-0.25, -0.2) is 9.97 Å². The van der Waals surface area contributed by atoms with Gasteiger partial charge in [0.1, 0.15) is 6.07 Å². The van der Waals surface area contributed by atoms with Crippen molar-refractivity contribution in [2.75, 3.05) is 11.9 Å². The first kappa shape index (κ1) is 15.0. The van der Waals surface area contributed by atoms with Crippen LogP contribution in [-0.2, 0) is 17.9 Å². The molecule has 1 aromatic heterocycles. The summed E-state index contributed by atoms with van der Waals surface area (Å²) in [4.78, 5) is 21.6. The normalized spacial score (nSPS) is 13.9. The topological polar surface area (TPSA) is 81.9 Å². The van der Waals surface area contributed by atoms with Crippen molar-refractivity contribution < 1.29 is 4.79 Å². The van der Waals surface area contributed by atoms with Crippen LogP contribution >= 0.6 is 0 Å². The van der Waals surface area contributed by atoms with E-state index in [1.807, 2.05) is 35.2 Å². The van der Waals surface area contributed by atoms with Crippen LogP contribution in [0.5, 0.6) is 0 Å². The van der Waals surface area contributed by atoms with Crippen molar-refractivity contribution in [3.8, 4) is 6.07 Å². The summed E-state index contributed by atoms with van der Waals surface area (Å²) >= 11 is 0. The van der Waals surface area contributed by atoms with Crippen molar-refractivity contribution in [3.63, 3.8) is 0 Å². The summed E-state index contributed by atoms with van der Waals surface area (Å²) < 4.78 is 0. The molecule has 0 unspecified atom stereocenters. The Hall–Kier alpha value is -2.94. The minimum Gasteiger partial charge on any atom is -0.364 e. The summed E-state index contributed by atoms with van der Waals surface area (Å²) in [6, 6.07) is 10.1.